The van der Waals surface area contributed by atoms with Gasteiger partial charge in [-0.1, -0.05) is 33.1 Å². The lowest BCUT2D eigenvalue weighted by molar-refractivity contribution is 0.266. The molecule has 14 heavy (non-hydrogen) atoms. The van der Waals surface area contributed by atoms with E-state index in [1.54, 1.807) is 0 Å². The molecule has 3 N–H and O–H groups in total. The van der Waals surface area contributed by atoms with E-state index < -0.39 is 0 Å². The Morgan fingerprint density at radius 2 is 1.86 bits per heavy atom. The average Bonchev–Trinajstić information content (AvgIpc) is 2.20. The topological polar surface area (TPSA) is 38.0 Å². The van der Waals surface area contributed by atoms with Crippen LogP contribution in [0.25, 0.3) is 0 Å². The van der Waals surface area contributed by atoms with Crippen LogP contribution >= 0.6 is 0 Å². The standard InChI is InChI=1S/C12H26N2/c1-10(2)9-14-12(8-13)11-6-4-3-5-7-11/h10-12,14H,3-9,13H2,1-2H3. The quantitative estimate of drug-likeness (QED) is 0.710. The first-order valence-corrected chi connectivity index (χ1v) is 6.17. The van der Waals surface area contributed by atoms with E-state index in [-0.39, 0.29) is 0 Å². The first-order valence-electron chi connectivity index (χ1n) is 6.17. The third-order valence-electron chi connectivity index (χ3n) is 3.26. The summed E-state index contributed by atoms with van der Waals surface area (Å²) in [5.41, 5.74) is 5.83. The zero-order valence-electron chi connectivity index (χ0n) is 9.76. The van der Waals surface area contributed by atoms with Crippen molar-refractivity contribution in [3.63, 3.8) is 0 Å². The number of rotatable bonds is 5. The summed E-state index contributed by atoms with van der Waals surface area (Å²) in [5, 5.41) is 3.61. The Bertz CT molecular complexity index is 139. The van der Waals surface area contributed by atoms with Gasteiger partial charge in [0, 0.05) is 12.6 Å². The number of hydrogen-bond donors (Lipinski definition) is 2. The van der Waals surface area contributed by atoms with Crippen molar-refractivity contribution >= 4 is 0 Å². The van der Waals surface area contributed by atoms with Crippen LogP contribution in [0.15, 0.2) is 0 Å². The van der Waals surface area contributed by atoms with Crippen molar-refractivity contribution in [1.82, 2.24) is 5.32 Å². The van der Waals surface area contributed by atoms with E-state index in [4.69, 9.17) is 5.73 Å². The molecule has 0 heterocycles. The fourth-order valence-corrected chi connectivity index (χ4v) is 2.37. The molecule has 1 saturated carbocycles. The van der Waals surface area contributed by atoms with Crippen molar-refractivity contribution in [2.45, 2.75) is 52.0 Å². The molecule has 1 unspecified atom stereocenters. The summed E-state index contributed by atoms with van der Waals surface area (Å²) in [7, 11) is 0. The van der Waals surface area contributed by atoms with Crippen molar-refractivity contribution in [2.24, 2.45) is 17.6 Å². The highest BCUT2D eigenvalue weighted by molar-refractivity contribution is 4.80. The Morgan fingerprint density at radius 1 is 1.21 bits per heavy atom. The normalized spacial score (nSPS) is 21.4. The zero-order chi connectivity index (χ0) is 10.4. The summed E-state index contributed by atoms with van der Waals surface area (Å²) >= 11 is 0. The van der Waals surface area contributed by atoms with Gasteiger partial charge in [0.05, 0.1) is 0 Å². The van der Waals surface area contributed by atoms with Crippen LogP contribution in [0.3, 0.4) is 0 Å². The predicted molar refractivity (Wildman–Crippen MR) is 62.3 cm³/mol. The molecule has 0 aromatic carbocycles. The molecule has 0 saturated heterocycles. The van der Waals surface area contributed by atoms with Gasteiger partial charge in [-0.2, -0.15) is 0 Å². The Hall–Kier alpha value is -0.0800. The van der Waals surface area contributed by atoms with E-state index in [0.717, 1.165) is 24.9 Å². The van der Waals surface area contributed by atoms with Crippen LogP contribution in [0, 0.1) is 11.8 Å². The van der Waals surface area contributed by atoms with Crippen LogP contribution in [0.5, 0.6) is 0 Å². The Kier molecular flexibility index (Phi) is 5.49. The average molecular weight is 198 g/mol. The minimum atomic E-state index is 0.567. The number of nitrogens with two attached hydrogens (primary N) is 1. The lowest BCUT2D eigenvalue weighted by Gasteiger charge is -2.30. The van der Waals surface area contributed by atoms with E-state index in [1.807, 2.05) is 0 Å². The summed E-state index contributed by atoms with van der Waals surface area (Å²) < 4.78 is 0. The maximum absolute atomic E-state index is 5.83. The van der Waals surface area contributed by atoms with Gasteiger partial charge in [0.1, 0.15) is 0 Å². The van der Waals surface area contributed by atoms with Crippen LogP contribution in [-0.2, 0) is 0 Å². The third-order valence-corrected chi connectivity index (χ3v) is 3.26. The molecular formula is C12H26N2. The second kappa shape index (κ2) is 6.41. The molecule has 1 atom stereocenters. The van der Waals surface area contributed by atoms with Gasteiger partial charge in [0.15, 0.2) is 0 Å². The molecule has 0 aromatic heterocycles. The summed E-state index contributed by atoms with van der Waals surface area (Å²) in [4.78, 5) is 0. The largest absolute Gasteiger partial charge is 0.329 e. The van der Waals surface area contributed by atoms with Gasteiger partial charge in [0.2, 0.25) is 0 Å². The minimum Gasteiger partial charge on any atom is -0.329 e. The molecule has 2 heteroatoms. The minimum absolute atomic E-state index is 0.567. The molecule has 1 aliphatic rings. The molecule has 1 rings (SSSR count). The van der Waals surface area contributed by atoms with E-state index >= 15 is 0 Å². The molecule has 0 aromatic rings. The summed E-state index contributed by atoms with van der Waals surface area (Å²) in [6.45, 7) is 6.42. The van der Waals surface area contributed by atoms with Crippen molar-refractivity contribution in [3.8, 4) is 0 Å². The van der Waals surface area contributed by atoms with Crippen LogP contribution in [0.2, 0.25) is 0 Å². The molecule has 2 nitrogen and oxygen atoms in total. The van der Waals surface area contributed by atoms with Crippen LogP contribution in [0.1, 0.15) is 46.0 Å². The van der Waals surface area contributed by atoms with Crippen molar-refractivity contribution < 1.29 is 0 Å². The van der Waals surface area contributed by atoms with Gasteiger partial charge in [-0.25, -0.2) is 0 Å². The molecule has 0 aliphatic heterocycles. The molecule has 0 amide bonds. The third kappa shape index (κ3) is 3.97. The van der Waals surface area contributed by atoms with Crippen molar-refractivity contribution in [3.05, 3.63) is 0 Å². The fourth-order valence-electron chi connectivity index (χ4n) is 2.37. The van der Waals surface area contributed by atoms with E-state index in [9.17, 15) is 0 Å². The Morgan fingerprint density at radius 3 is 2.36 bits per heavy atom. The maximum atomic E-state index is 5.83. The molecule has 0 spiro atoms. The summed E-state index contributed by atoms with van der Waals surface area (Å²) in [5.74, 6) is 1.57. The fraction of sp³-hybridized carbons (Fsp3) is 1.00. The predicted octanol–water partition coefficient (Wildman–Crippen LogP) is 2.14. The highest BCUT2D eigenvalue weighted by atomic mass is 14.9. The van der Waals surface area contributed by atoms with E-state index in [0.29, 0.717) is 6.04 Å². The molecule has 0 bridgehead atoms. The van der Waals surface area contributed by atoms with Gasteiger partial charge in [-0.05, 0) is 31.2 Å². The van der Waals surface area contributed by atoms with E-state index in [1.165, 1.54) is 32.1 Å². The molecule has 1 fully saturated rings. The second-order valence-corrected chi connectivity index (χ2v) is 5.04. The Labute approximate surface area is 88.6 Å². The monoisotopic (exact) mass is 198 g/mol. The Balaban J connectivity index is 2.28. The molecule has 1 aliphatic carbocycles. The van der Waals surface area contributed by atoms with Gasteiger partial charge in [0.25, 0.3) is 0 Å². The summed E-state index contributed by atoms with van der Waals surface area (Å²) in [6, 6.07) is 0.567. The zero-order valence-corrected chi connectivity index (χ0v) is 9.76. The van der Waals surface area contributed by atoms with Crippen molar-refractivity contribution in [1.29, 1.82) is 0 Å². The summed E-state index contributed by atoms with van der Waals surface area (Å²) in [6.07, 6.45) is 7.01. The molecule has 84 valence electrons. The van der Waals surface area contributed by atoms with Gasteiger partial charge < -0.3 is 11.1 Å². The molecular weight excluding hydrogens is 172 g/mol. The van der Waals surface area contributed by atoms with E-state index in [2.05, 4.69) is 19.2 Å². The highest BCUT2D eigenvalue weighted by Crippen LogP contribution is 2.26. The van der Waals surface area contributed by atoms with Crippen LogP contribution in [0.4, 0.5) is 0 Å². The number of hydrogen-bond acceptors (Lipinski definition) is 2. The smallest absolute Gasteiger partial charge is 0.0218 e. The van der Waals surface area contributed by atoms with Crippen molar-refractivity contribution in [2.75, 3.05) is 13.1 Å². The SMILES string of the molecule is CC(C)CNC(CN)C1CCCCC1. The van der Waals surface area contributed by atoms with Gasteiger partial charge >= 0.3 is 0 Å². The number of nitrogens with one attached hydrogen (secondary N) is 1. The lowest BCUT2D eigenvalue weighted by Crippen LogP contribution is -2.44. The first kappa shape index (κ1) is 12.0. The van der Waals surface area contributed by atoms with Crippen LogP contribution in [-0.4, -0.2) is 19.1 Å². The maximum Gasteiger partial charge on any atom is 0.0218 e. The van der Waals surface area contributed by atoms with Crippen LogP contribution < -0.4 is 11.1 Å². The first-order chi connectivity index (χ1) is 6.74. The molecule has 0 radical (unpaired) electrons. The van der Waals surface area contributed by atoms with Gasteiger partial charge in [-0.15, -0.1) is 0 Å². The highest BCUT2D eigenvalue weighted by Gasteiger charge is 2.21. The second-order valence-electron chi connectivity index (χ2n) is 5.04. The lowest BCUT2D eigenvalue weighted by atomic mass is 9.84. The van der Waals surface area contributed by atoms with Gasteiger partial charge in [-0.3, -0.25) is 0 Å².